The standard InChI is InChI=1S/C15H22N2O3S/c1-12-7-8-17(9-10-21(12,19)20)11-14-3-5-15(6-4-14)16-13(2)18/h3-6,12H,7-11H2,1-2H3,(H,16,18)/t12-/m1/s1. The van der Waals surface area contributed by atoms with E-state index in [1.54, 1.807) is 6.92 Å². The maximum absolute atomic E-state index is 11.9. The zero-order valence-electron chi connectivity index (χ0n) is 12.5. The molecular formula is C15H22N2O3S. The van der Waals surface area contributed by atoms with Gasteiger partial charge in [0.1, 0.15) is 0 Å². The molecule has 0 unspecified atom stereocenters. The van der Waals surface area contributed by atoms with Gasteiger partial charge in [-0.2, -0.15) is 0 Å². The fraction of sp³-hybridized carbons (Fsp3) is 0.533. The quantitative estimate of drug-likeness (QED) is 0.922. The highest BCUT2D eigenvalue weighted by Gasteiger charge is 2.26. The molecule has 2 rings (SSSR count). The highest BCUT2D eigenvalue weighted by atomic mass is 32.2. The highest BCUT2D eigenvalue weighted by Crippen LogP contribution is 2.16. The van der Waals surface area contributed by atoms with Gasteiger partial charge in [0, 0.05) is 25.7 Å². The third-order valence-electron chi connectivity index (χ3n) is 3.84. The van der Waals surface area contributed by atoms with Crippen LogP contribution in [0.4, 0.5) is 5.69 Å². The van der Waals surface area contributed by atoms with Gasteiger partial charge in [0.15, 0.2) is 9.84 Å². The van der Waals surface area contributed by atoms with Gasteiger partial charge >= 0.3 is 0 Å². The van der Waals surface area contributed by atoms with Crippen LogP contribution in [0.1, 0.15) is 25.8 Å². The van der Waals surface area contributed by atoms with Gasteiger partial charge < -0.3 is 5.32 Å². The van der Waals surface area contributed by atoms with Gasteiger partial charge in [0.05, 0.1) is 11.0 Å². The maximum Gasteiger partial charge on any atom is 0.221 e. The minimum absolute atomic E-state index is 0.0885. The molecule has 6 heteroatoms. The molecule has 0 radical (unpaired) electrons. The minimum Gasteiger partial charge on any atom is -0.326 e. The van der Waals surface area contributed by atoms with Gasteiger partial charge in [-0.3, -0.25) is 9.69 Å². The Labute approximate surface area is 126 Å². The predicted octanol–water partition coefficient (Wildman–Crippen LogP) is 1.65. The molecule has 1 amide bonds. The van der Waals surface area contributed by atoms with Gasteiger partial charge in [-0.25, -0.2) is 8.42 Å². The zero-order chi connectivity index (χ0) is 15.5. The molecule has 1 aromatic rings. The average Bonchev–Trinajstić information content (AvgIpc) is 2.54. The van der Waals surface area contributed by atoms with Gasteiger partial charge in [-0.05, 0) is 37.6 Å². The summed E-state index contributed by atoms with van der Waals surface area (Å²) in [5.41, 5.74) is 1.90. The van der Waals surface area contributed by atoms with Crippen molar-refractivity contribution in [1.82, 2.24) is 4.90 Å². The van der Waals surface area contributed by atoms with Crippen LogP contribution in [0.25, 0.3) is 0 Å². The number of anilines is 1. The van der Waals surface area contributed by atoms with Crippen molar-refractivity contribution < 1.29 is 13.2 Å². The SMILES string of the molecule is CC(=O)Nc1ccc(CN2CC[C@@H](C)S(=O)(=O)CC2)cc1. The minimum atomic E-state index is -2.93. The van der Waals surface area contributed by atoms with E-state index >= 15 is 0 Å². The monoisotopic (exact) mass is 310 g/mol. The summed E-state index contributed by atoms with van der Waals surface area (Å²) in [7, 11) is -2.93. The maximum atomic E-state index is 11.9. The van der Waals surface area contributed by atoms with Gasteiger partial charge in [0.2, 0.25) is 5.91 Å². The Morgan fingerprint density at radius 3 is 2.57 bits per heavy atom. The lowest BCUT2D eigenvalue weighted by molar-refractivity contribution is -0.114. The number of nitrogens with one attached hydrogen (secondary N) is 1. The Bertz CT molecular complexity index is 596. The molecule has 1 saturated heterocycles. The van der Waals surface area contributed by atoms with Crippen molar-refractivity contribution in [2.75, 3.05) is 24.2 Å². The molecule has 116 valence electrons. The van der Waals surface area contributed by atoms with E-state index in [1.165, 1.54) is 6.92 Å². The van der Waals surface area contributed by atoms with Crippen molar-refractivity contribution >= 4 is 21.4 Å². The van der Waals surface area contributed by atoms with Gasteiger partial charge in [-0.15, -0.1) is 0 Å². The number of sulfone groups is 1. The molecule has 0 aliphatic carbocycles. The first-order valence-electron chi connectivity index (χ1n) is 7.17. The summed E-state index contributed by atoms with van der Waals surface area (Å²) in [6.07, 6.45) is 0.687. The van der Waals surface area contributed by atoms with Crippen LogP contribution >= 0.6 is 0 Å². The molecular weight excluding hydrogens is 288 g/mol. The number of benzene rings is 1. The van der Waals surface area contributed by atoms with Crippen LogP contribution in [0.3, 0.4) is 0 Å². The molecule has 0 spiro atoms. The molecule has 21 heavy (non-hydrogen) atoms. The van der Waals surface area contributed by atoms with Crippen molar-refractivity contribution in [3.63, 3.8) is 0 Å². The van der Waals surface area contributed by atoms with E-state index in [0.717, 1.165) is 24.3 Å². The van der Waals surface area contributed by atoms with Crippen LogP contribution in [0, 0.1) is 0 Å². The summed E-state index contributed by atoms with van der Waals surface area (Å²) in [5.74, 6) is 0.146. The number of rotatable bonds is 3. The summed E-state index contributed by atoms with van der Waals surface area (Å²) in [5, 5.41) is 2.48. The van der Waals surface area contributed by atoms with Gasteiger partial charge in [0.25, 0.3) is 0 Å². The smallest absolute Gasteiger partial charge is 0.221 e. The summed E-state index contributed by atoms with van der Waals surface area (Å²) >= 11 is 0. The van der Waals surface area contributed by atoms with Crippen molar-refractivity contribution in [2.24, 2.45) is 0 Å². The van der Waals surface area contributed by atoms with Crippen LogP contribution in [0.5, 0.6) is 0 Å². The second-order valence-corrected chi connectivity index (χ2v) is 8.16. The normalized spacial score (nSPS) is 22.5. The Morgan fingerprint density at radius 2 is 1.95 bits per heavy atom. The molecule has 0 aromatic heterocycles. The molecule has 0 saturated carbocycles. The molecule has 5 nitrogen and oxygen atoms in total. The molecule has 1 atom stereocenters. The number of amides is 1. The van der Waals surface area contributed by atoms with E-state index in [4.69, 9.17) is 0 Å². The van der Waals surface area contributed by atoms with E-state index in [0.29, 0.717) is 13.0 Å². The Balaban J connectivity index is 1.97. The lowest BCUT2D eigenvalue weighted by Gasteiger charge is -2.19. The average molecular weight is 310 g/mol. The number of carbonyl (C=O) groups excluding carboxylic acids is 1. The first-order valence-corrected chi connectivity index (χ1v) is 8.89. The van der Waals surface area contributed by atoms with Crippen molar-refractivity contribution in [3.8, 4) is 0 Å². The Hall–Kier alpha value is -1.40. The molecule has 1 N–H and O–H groups in total. The highest BCUT2D eigenvalue weighted by molar-refractivity contribution is 7.92. The summed E-state index contributed by atoms with van der Waals surface area (Å²) < 4.78 is 23.8. The fourth-order valence-corrected chi connectivity index (χ4v) is 3.81. The number of hydrogen-bond acceptors (Lipinski definition) is 4. The zero-order valence-corrected chi connectivity index (χ0v) is 13.3. The molecule has 1 aliphatic heterocycles. The molecule has 0 bridgehead atoms. The lowest BCUT2D eigenvalue weighted by atomic mass is 10.2. The fourth-order valence-electron chi connectivity index (χ4n) is 2.43. The van der Waals surface area contributed by atoms with Crippen LogP contribution in [0.2, 0.25) is 0 Å². The van der Waals surface area contributed by atoms with Crippen molar-refractivity contribution in [1.29, 1.82) is 0 Å². The van der Waals surface area contributed by atoms with E-state index in [1.807, 2.05) is 24.3 Å². The molecule has 1 fully saturated rings. The predicted molar refractivity (Wildman–Crippen MR) is 83.9 cm³/mol. The lowest BCUT2D eigenvalue weighted by Crippen LogP contribution is -2.26. The number of nitrogens with zero attached hydrogens (tertiary/aromatic N) is 1. The van der Waals surface area contributed by atoms with E-state index in [-0.39, 0.29) is 16.9 Å². The summed E-state index contributed by atoms with van der Waals surface area (Å²) in [4.78, 5) is 13.1. The van der Waals surface area contributed by atoms with E-state index in [2.05, 4.69) is 10.2 Å². The largest absolute Gasteiger partial charge is 0.326 e. The molecule has 1 heterocycles. The van der Waals surface area contributed by atoms with Crippen LogP contribution in [0.15, 0.2) is 24.3 Å². The topological polar surface area (TPSA) is 66.5 Å². The Kier molecular flexibility index (Phi) is 5.00. The second kappa shape index (κ2) is 6.58. The van der Waals surface area contributed by atoms with E-state index in [9.17, 15) is 13.2 Å². The van der Waals surface area contributed by atoms with Crippen molar-refractivity contribution in [3.05, 3.63) is 29.8 Å². The van der Waals surface area contributed by atoms with Crippen LogP contribution < -0.4 is 5.32 Å². The van der Waals surface area contributed by atoms with E-state index < -0.39 is 9.84 Å². The number of hydrogen-bond donors (Lipinski definition) is 1. The molecule has 1 aliphatic rings. The number of carbonyl (C=O) groups is 1. The summed E-state index contributed by atoms with van der Waals surface area (Å²) in [6, 6.07) is 7.67. The summed E-state index contributed by atoms with van der Waals surface area (Å²) in [6.45, 7) is 5.39. The third-order valence-corrected chi connectivity index (χ3v) is 6.05. The Morgan fingerprint density at radius 1 is 1.29 bits per heavy atom. The first kappa shape index (κ1) is 16.0. The second-order valence-electron chi connectivity index (χ2n) is 5.62. The third kappa shape index (κ3) is 4.54. The van der Waals surface area contributed by atoms with Crippen LogP contribution in [-0.4, -0.2) is 43.3 Å². The van der Waals surface area contributed by atoms with Crippen molar-refractivity contribution in [2.45, 2.75) is 32.1 Å². The first-order chi connectivity index (χ1) is 9.87. The van der Waals surface area contributed by atoms with Crippen LogP contribution in [-0.2, 0) is 21.2 Å². The van der Waals surface area contributed by atoms with Gasteiger partial charge in [-0.1, -0.05) is 12.1 Å². The molecule has 1 aromatic carbocycles.